The molecule has 1 aliphatic heterocycles. The quantitative estimate of drug-likeness (QED) is 0.514. The number of rotatable bonds is 4. The highest BCUT2D eigenvalue weighted by atomic mass is 16.5. The average molecular weight is 228 g/mol. The molecule has 2 N–H and O–H groups in total. The first kappa shape index (κ1) is 13.3. The maximum atomic E-state index is 5.33. The monoisotopic (exact) mass is 228 g/mol. The molecule has 0 radical (unpaired) electrons. The zero-order valence-electron chi connectivity index (χ0n) is 10.6. The van der Waals surface area contributed by atoms with Crippen molar-refractivity contribution in [2.75, 3.05) is 53.5 Å². The van der Waals surface area contributed by atoms with Crippen molar-refractivity contribution >= 4 is 5.96 Å². The molecule has 1 heterocycles. The highest BCUT2D eigenvalue weighted by molar-refractivity contribution is 5.79. The molecule has 0 spiro atoms. The highest BCUT2D eigenvalue weighted by Gasteiger charge is 2.13. The Morgan fingerprint density at radius 1 is 1.44 bits per heavy atom. The Labute approximate surface area is 98.3 Å². The highest BCUT2D eigenvalue weighted by Crippen LogP contribution is 2.02. The van der Waals surface area contributed by atoms with E-state index in [0.29, 0.717) is 5.92 Å². The summed E-state index contributed by atoms with van der Waals surface area (Å²) < 4.78 is 5.33. The van der Waals surface area contributed by atoms with Crippen LogP contribution in [0.2, 0.25) is 0 Å². The normalized spacial score (nSPS) is 20.6. The minimum atomic E-state index is 0.614. The van der Waals surface area contributed by atoms with E-state index in [2.05, 4.69) is 27.4 Å². The van der Waals surface area contributed by atoms with E-state index in [1.54, 1.807) is 7.05 Å². The van der Waals surface area contributed by atoms with Crippen molar-refractivity contribution in [2.45, 2.75) is 6.92 Å². The third-order valence-electron chi connectivity index (χ3n) is 2.75. The molecule has 0 aliphatic carbocycles. The van der Waals surface area contributed by atoms with Crippen LogP contribution in [0, 0.1) is 5.92 Å². The van der Waals surface area contributed by atoms with E-state index in [0.717, 1.165) is 45.4 Å². The molecule has 1 rings (SSSR count). The van der Waals surface area contributed by atoms with Crippen molar-refractivity contribution in [3.8, 4) is 0 Å². The molecule has 1 unspecified atom stereocenters. The Morgan fingerprint density at radius 2 is 2.12 bits per heavy atom. The van der Waals surface area contributed by atoms with Crippen LogP contribution in [0.1, 0.15) is 6.92 Å². The number of morpholine rings is 1. The maximum absolute atomic E-state index is 5.33. The van der Waals surface area contributed by atoms with Crippen LogP contribution < -0.4 is 10.6 Å². The summed E-state index contributed by atoms with van der Waals surface area (Å²) >= 11 is 0. The van der Waals surface area contributed by atoms with Gasteiger partial charge in [0.2, 0.25) is 0 Å². The molecule has 0 bridgehead atoms. The summed E-state index contributed by atoms with van der Waals surface area (Å²) in [5, 5.41) is 6.31. The van der Waals surface area contributed by atoms with Crippen LogP contribution in [0.5, 0.6) is 0 Å². The van der Waals surface area contributed by atoms with E-state index in [1.807, 2.05) is 7.05 Å². The lowest BCUT2D eigenvalue weighted by atomic mass is 10.1. The molecule has 5 heteroatoms. The van der Waals surface area contributed by atoms with E-state index in [1.165, 1.54) is 0 Å². The van der Waals surface area contributed by atoms with Crippen molar-refractivity contribution in [1.29, 1.82) is 0 Å². The molecule has 1 atom stereocenters. The fraction of sp³-hybridized carbons (Fsp3) is 0.909. The maximum Gasteiger partial charge on any atom is 0.190 e. The second-order valence-corrected chi connectivity index (χ2v) is 4.22. The van der Waals surface area contributed by atoms with Gasteiger partial charge < -0.3 is 15.4 Å². The standard InChI is InChI=1S/C11H24N4O/c1-10(8-14-11(12-2)13-3)9-15-4-6-16-7-5-15/h10H,4-9H2,1-3H3,(H2,12,13,14). The lowest BCUT2D eigenvalue weighted by Gasteiger charge is -2.29. The van der Waals surface area contributed by atoms with Crippen LogP contribution in [-0.4, -0.2) is 64.3 Å². The summed E-state index contributed by atoms with van der Waals surface area (Å²) in [7, 11) is 3.66. The van der Waals surface area contributed by atoms with Gasteiger partial charge in [0.1, 0.15) is 0 Å². The second kappa shape index (κ2) is 7.46. The molecule has 1 aliphatic rings. The largest absolute Gasteiger partial charge is 0.379 e. The Balaban J connectivity index is 2.16. The Kier molecular flexibility index (Phi) is 6.18. The van der Waals surface area contributed by atoms with Gasteiger partial charge in [-0.05, 0) is 5.92 Å². The van der Waals surface area contributed by atoms with E-state index < -0.39 is 0 Å². The van der Waals surface area contributed by atoms with Gasteiger partial charge in [-0.3, -0.25) is 9.89 Å². The number of nitrogens with one attached hydrogen (secondary N) is 2. The van der Waals surface area contributed by atoms with Crippen molar-refractivity contribution < 1.29 is 4.74 Å². The van der Waals surface area contributed by atoms with Crippen molar-refractivity contribution in [3.05, 3.63) is 0 Å². The number of aliphatic imine (C=N–C) groups is 1. The first-order chi connectivity index (χ1) is 7.76. The summed E-state index contributed by atoms with van der Waals surface area (Å²) in [6.07, 6.45) is 0. The van der Waals surface area contributed by atoms with E-state index in [9.17, 15) is 0 Å². The minimum absolute atomic E-state index is 0.614. The lowest BCUT2D eigenvalue weighted by molar-refractivity contribution is 0.0320. The molecular weight excluding hydrogens is 204 g/mol. The topological polar surface area (TPSA) is 48.9 Å². The predicted octanol–water partition coefficient (Wildman–Crippen LogP) is -0.250. The third-order valence-corrected chi connectivity index (χ3v) is 2.75. The molecule has 0 aromatic heterocycles. The summed E-state index contributed by atoms with van der Waals surface area (Å²) in [4.78, 5) is 6.54. The molecule has 5 nitrogen and oxygen atoms in total. The molecular formula is C11H24N4O. The van der Waals surface area contributed by atoms with Crippen LogP contribution in [0.15, 0.2) is 4.99 Å². The average Bonchev–Trinajstić information content (AvgIpc) is 2.31. The molecule has 0 saturated carbocycles. The minimum Gasteiger partial charge on any atom is -0.379 e. The number of ether oxygens (including phenoxy) is 1. The lowest BCUT2D eigenvalue weighted by Crippen LogP contribution is -2.43. The SMILES string of the molecule is CN=C(NC)NCC(C)CN1CCOCC1. The van der Waals surface area contributed by atoms with Gasteiger partial charge in [0, 0.05) is 40.3 Å². The third kappa shape index (κ3) is 4.81. The van der Waals surface area contributed by atoms with Crippen LogP contribution in [0.3, 0.4) is 0 Å². The van der Waals surface area contributed by atoms with Gasteiger partial charge in [0.25, 0.3) is 0 Å². The fourth-order valence-electron chi connectivity index (χ4n) is 1.84. The first-order valence-electron chi connectivity index (χ1n) is 5.94. The van der Waals surface area contributed by atoms with Gasteiger partial charge in [-0.2, -0.15) is 0 Å². The molecule has 16 heavy (non-hydrogen) atoms. The zero-order valence-corrected chi connectivity index (χ0v) is 10.6. The van der Waals surface area contributed by atoms with Gasteiger partial charge in [0.15, 0.2) is 5.96 Å². The Bertz CT molecular complexity index is 214. The second-order valence-electron chi connectivity index (χ2n) is 4.22. The summed E-state index contributed by atoms with van der Waals surface area (Å²) in [5.74, 6) is 1.47. The number of hydrogen-bond donors (Lipinski definition) is 2. The first-order valence-corrected chi connectivity index (χ1v) is 5.94. The van der Waals surface area contributed by atoms with E-state index in [4.69, 9.17) is 4.74 Å². The number of guanidine groups is 1. The van der Waals surface area contributed by atoms with Gasteiger partial charge in [-0.1, -0.05) is 6.92 Å². The van der Waals surface area contributed by atoms with Crippen LogP contribution in [0.4, 0.5) is 0 Å². The Hall–Kier alpha value is -0.810. The van der Waals surface area contributed by atoms with Gasteiger partial charge in [0.05, 0.1) is 13.2 Å². The number of hydrogen-bond acceptors (Lipinski definition) is 3. The van der Waals surface area contributed by atoms with Crippen molar-refractivity contribution in [2.24, 2.45) is 10.9 Å². The Morgan fingerprint density at radius 3 is 2.69 bits per heavy atom. The van der Waals surface area contributed by atoms with Crippen molar-refractivity contribution in [3.63, 3.8) is 0 Å². The van der Waals surface area contributed by atoms with Crippen LogP contribution in [0.25, 0.3) is 0 Å². The molecule has 1 saturated heterocycles. The zero-order chi connectivity index (χ0) is 11.8. The molecule has 0 amide bonds. The smallest absolute Gasteiger partial charge is 0.190 e. The molecule has 94 valence electrons. The van der Waals surface area contributed by atoms with Crippen LogP contribution >= 0.6 is 0 Å². The van der Waals surface area contributed by atoms with Crippen LogP contribution in [-0.2, 0) is 4.74 Å². The predicted molar refractivity (Wildman–Crippen MR) is 66.8 cm³/mol. The van der Waals surface area contributed by atoms with Crippen molar-refractivity contribution in [1.82, 2.24) is 15.5 Å². The van der Waals surface area contributed by atoms with Gasteiger partial charge >= 0.3 is 0 Å². The summed E-state index contributed by atoms with van der Waals surface area (Å²) in [6.45, 7) is 8.19. The van der Waals surface area contributed by atoms with Gasteiger partial charge in [-0.15, -0.1) is 0 Å². The van der Waals surface area contributed by atoms with E-state index >= 15 is 0 Å². The molecule has 0 aromatic carbocycles. The number of nitrogens with zero attached hydrogens (tertiary/aromatic N) is 2. The van der Waals surface area contributed by atoms with E-state index in [-0.39, 0.29) is 0 Å². The fourth-order valence-corrected chi connectivity index (χ4v) is 1.84. The van der Waals surface area contributed by atoms with Gasteiger partial charge in [-0.25, -0.2) is 0 Å². The molecule has 1 fully saturated rings. The summed E-state index contributed by atoms with van der Waals surface area (Å²) in [6, 6.07) is 0. The summed E-state index contributed by atoms with van der Waals surface area (Å²) in [5.41, 5.74) is 0. The molecule has 0 aromatic rings.